The Labute approximate surface area is 78.7 Å². The third kappa shape index (κ3) is 10.3. The van der Waals surface area contributed by atoms with Gasteiger partial charge in [-0.15, -0.1) is 8.58 Å². The number of nitrogens with one attached hydrogen (secondary N) is 2. The minimum Gasteiger partial charge on any atom is -0.317 e. The van der Waals surface area contributed by atoms with Crippen LogP contribution in [-0.4, -0.2) is 32.6 Å². The molecule has 0 aromatic carbocycles. The van der Waals surface area contributed by atoms with Crippen molar-refractivity contribution < 1.29 is 0 Å². The third-order valence-corrected chi connectivity index (χ3v) is 2.36. The Balaban J connectivity index is 2.73. The molecule has 0 saturated carbocycles. The van der Waals surface area contributed by atoms with E-state index in [1.54, 1.807) is 0 Å². The number of hydrogen-bond acceptors (Lipinski definition) is 2. The molecule has 0 fully saturated rings. The zero-order chi connectivity index (χ0) is 9.07. The lowest BCUT2D eigenvalue weighted by molar-refractivity contribution is 0.598. The highest BCUT2D eigenvalue weighted by Crippen LogP contribution is 1.97. The van der Waals surface area contributed by atoms with E-state index in [4.69, 9.17) is 0 Å². The lowest BCUT2D eigenvalue weighted by Gasteiger charge is -2.03. The maximum atomic E-state index is 3.42. The van der Waals surface area contributed by atoms with Crippen molar-refractivity contribution in [2.45, 2.75) is 26.2 Å². The normalized spacial score (nSPS) is 11.5. The van der Waals surface area contributed by atoms with Gasteiger partial charge in [0.25, 0.3) is 0 Å². The van der Waals surface area contributed by atoms with Crippen molar-refractivity contribution in [3.8, 4) is 0 Å². The molecule has 1 atom stereocenters. The van der Waals surface area contributed by atoms with E-state index in [-0.39, 0.29) is 0 Å². The highest BCUT2D eigenvalue weighted by molar-refractivity contribution is 7.36. The van der Waals surface area contributed by atoms with E-state index in [0.717, 1.165) is 15.1 Å². The van der Waals surface area contributed by atoms with Crippen LogP contribution in [0.2, 0.25) is 0 Å². The van der Waals surface area contributed by atoms with Crippen LogP contribution in [0.5, 0.6) is 0 Å². The fraction of sp³-hybridized carbons (Fsp3) is 1.00. The summed E-state index contributed by atoms with van der Waals surface area (Å²) in [7, 11) is 1.05. The van der Waals surface area contributed by atoms with Gasteiger partial charge in [-0.1, -0.05) is 13.3 Å². The minimum atomic E-state index is 1.05. The third-order valence-electron chi connectivity index (χ3n) is 1.76. The first-order valence-electron chi connectivity index (χ1n) is 4.97. The molecule has 0 heterocycles. The van der Waals surface area contributed by atoms with Gasteiger partial charge in [-0.05, 0) is 39.1 Å². The lowest BCUT2D eigenvalue weighted by atomic mass is 10.2. The summed E-state index contributed by atoms with van der Waals surface area (Å²) in [5.74, 6) is 0. The van der Waals surface area contributed by atoms with Gasteiger partial charge in [-0.2, -0.15) is 0 Å². The van der Waals surface area contributed by atoms with E-state index < -0.39 is 0 Å². The zero-order valence-corrected chi connectivity index (χ0v) is 9.45. The number of rotatable bonds is 9. The van der Waals surface area contributed by atoms with Crippen LogP contribution >= 0.6 is 8.58 Å². The SMILES string of the molecule is CCNCCCCCNCPC. The maximum absolute atomic E-state index is 3.42. The van der Waals surface area contributed by atoms with Crippen molar-refractivity contribution in [3.63, 3.8) is 0 Å². The van der Waals surface area contributed by atoms with Gasteiger partial charge >= 0.3 is 0 Å². The molecule has 2 nitrogen and oxygen atoms in total. The van der Waals surface area contributed by atoms with Gasteiger partial charge < -0.3 is 10.6 Å². The van der Waals surface area contributed by atoms with Crippen LogP contribution in [0.3, 0.4) is 0 Å². The molecule has 2 N–H and O–H groups in total. The maximum Gasteiger partial charge on any atom is 0.0124 e. The van der Waals surface area contributed by atoms with Crippen LogP contribution in [0.4, 0.5) is 0 Å². The largest absolute Gasteiger partial charge is 0.317 e. The standard InChI is InChI=1S/C9H23N2P/c1-3-10-7-5-4-6-8-11-9-12-2/h10-12H,3-9H2,1-2H3. The molecule has 3 heteroatoms. The molecule has 0 aliphatic rings. The Morgan fingerprint density at radius 3 is 2.25 bits per heavy atom. The Bertz CT molecular complexity index is 68.9. The van der Waals surface area contributed by atoms with Crippen molar-refractivity contribution in [1.82, 2.24) is 10.6 Å². The monoisotopic (exact) mass is 190 g/mol. The highest BCUT2D eigenvalue weighted by atomic mass is 31.1. The van der Waals surface area contributed by atoms with E-state index in [9.17, 15) is 0 Å². The smallest absolute Gasteiger partial charge is 0.0124 e. The second-order valence-corrected chi connectivity index (χ2v) is 4.01. The quantitative estimate of drug-likeness (QED) is 0.426. The fourth-order valence-corrected chi connectivity index (χ4v) is 1.49. The zero-order valence-electron chi connectivity index (χ0n) is 8.45. The van der Waals surface area contributed by atoms with Gasteiger partial charge in [0.05, 0.1) is 0 Å². The van der Waals surface area contributed by atoms with Crippen LogP contribution in [0.15, 0.2) is 0 Å². The molecule has 0 aliphatic heterocycles. The van der Waals surface area contributed by atoms with Crippen molar-refractivity contribution in [2.24, 2.45) is 0 Å². The molecule has 0 bridgehead atoms. The first kappa shape index (κ1) is 12.3. The summed E-state index contributed by atoms with van der Waals surface area (Å²) >= 11 is 0. The van der Waals surface area contributed by atoms with Crippen molar-refractivity contribution >= 4 is 8.58 Å². The van der Waals surface area contributed by atoms with Crippen LogP contribution in [-0.2, 0) is 0 Å². The summed E-state index contributed by atoms with van der Waals surface area (Å²) in [5.41, 5.74) is 0. The Hall–Kier alpha value is 0.350. The van der Waals surface area contributed by atoms with Gasteiger partial charge in [0.15, 0.2) is 0 Å². The molecule has 0 saturated heterocycles. The molecule has 12 heavy (non-hydrogen) atoms. The number of hydrogen-bond donors (Lipinski definition) is 2. The molecule has 0 aromatic rings. The molecule has 0 rings (SSSR count). The van der Waals surface area contributed by atoms with E-state index in [1.165, 1.54) is 38.6 Å². The van der Waals surface area contributed by atoms with Gasteiger partial charge in [-0.3, -0.25) is 0 Å². The molecule has 74 valence electrons. The van der Waals surface area contributed by atoms with E-state index in [2.05, 4.69) is 24.2 Å². The van der Waals surface area contributed by atoms with Gasteiger partial charge in [0.2, 0.25) is 0 Å². The summed E-state index contributed by atoms with van der Waals surface area (Å²) in [6, 6.07) is 0. The molecule has 0 aliphatic carbocycles. The predicted octanol–water partition coefficient (Wildman–Crippen LogP) is 1.62. The minimum absolute atomic E-state index is 1.05. The molecule has 0 radical (unpaired) electrons. The molecule has 0 aromatic heterocycles. The first-order chi connectivity index (χ1) is 5.91. The first-order valence-corrected chi connectivity index (χ1v) is 6.68. The molecule has 0 amide bonds. The van der Waals surface area contributed by atoms with Gasteiger partial charge in [0, 0.05) is 6.29 Å². The van der Waals surface area contributed by atoms with Crippen LogP contribution < -0.4 is 10.6 Å². The Morgan fingerprint density at radius 1 is 1.00 bits per heavy atom. The van der Waals surface area contributed by atoms with Gasteiger partial charge in [-0.25, -0.2) is 0 Å². The average molecular weight is 190 g/mol. The second kappa shape index (κ2) is 11.4. The van der Waals surface area contributed by atoms with E-state index >= 15 is 0 Å². The van der Waals surface area contributed by atoms with E-state index in [1.807, 2.05) is 0 Å². The average Bonchev–Trinajstić information content (AvgIpc) is 2.10. The van der Waals surface area contributed by atoms with Crippen LogP contribution in [0, 0.1) is 0 Å². The second-order valence-electron chi connectivity index (χ2n) is 2.94. The van der Waals surface area contributed by atoms with Crippen molar-refractivity contribution in [1.29, 1.82) is 0 Å². The summed E-state index contributed by atoms with van der Waals surface area (Å²) in [6.45, 7) is 7.89. The molecular formula is C9H23N2P. The molecular weight excluding hydrogens is 167 g/mol. The highest BCUT2D eigenvalue weighted by Gasteiger charge is 1.88. The fourth-order valence-electron chi connectivity index (χ4n) is 1.07. The van der Waals surface area contributed by atoms with Crippen LogP contribution in [0.25, 0.3) is 0 Å². The number of unbranched alkanes of at least 4 members (excludes halogenated alkanes) is 2. The van der Waals surface area contributed by atoms with Crippen molar-refractivity contribution in [3.05, 3.63) is 0 Å². The van der Waals surface area contributed by atoms with Crippen molar-refractivity contribution in [2.75, 3.05) is 32.6 Å². The van der Waals surface area contributed by atoms with Gasteiger partial charge in [0.1, 0.15) is 0 Å². The lowest BCUT2D eigenvalue weighted by Crippen LogP contribution is -2.16. The molecule has 0 spiro atoms. The molecule has 1 unspecified atom stereocenters. The van der Waals surface area contributed by atoms with Crippen LogP contribution in [0.1, 0.15) is 26.2 Å². The Morgan fingerprint density at radius 2 is 1.67 bits per heavy atom. The summed E-state index contributed by atoms with van der Waals surface area (Å²) in [5, 5.41) is 6.75. The van der Waals surface area contributed by atoms with E-state index in [0.29, 0.717) is 0 Å². The predicted molar refractivity (Wildman–Crippen MR) is 59.5 cm³/mol. The Kier molecular flexibility index (Phi) is 11.7. The topological polar surface area (TPSA) is 24.1 Å². The summed E-state index contributed by atoms with van der Waals surface area (Å²) in [6.07, 6.45) is 5.21. The summed E-state index contributed by atoms with van der Waals surface area (Å²) < 4.78 is 0. The summed E-state index contributed by atoms with van der Waals surface area (Å²) in [4.78, 5) is 0.